The summed E-state index contributed by atoms with van der Waals surface area (Å²) in [7, 11) is 1.86. The molecular formula is C20H24F3N5O2. The van der Waals surface area contributed by atoms with E-state index in [4.69, 9.17) is 4.74 Å². The van der Waals surface area contributed by atoms with Crippen LogP contribution in [0.3, 0.4) is 0 Å². The van der Waals surface area contributed by atoms with E-state index in [2.05, 4.69) is 20.6 Å². The van der Waals surface area contributed by atoms with Gasteiger partial charge in [-0.15, -0.1) is 0 Å². The molecule has 10 heteroatoms. The van der Waals surface area contributed by atoms with Crippen LogP contribution in [0.5, 0.6) is 0 Å². The molecule has 0 amide bonds. The average molecular weight is 423 g/mol. The second-order valence-corrected chi connectivity index (χ2v) is 8.23. The van der Waals surface area contributed by atoms with Gasteiger partial charge in [-0.2, -0.15) is 4.98 Å². The first-order chi connectivity index (χ1) is 14.1. The summed E-state index contributed by atoms with van der Waals surface area (Å²) >= 11 is 0. The Morgan fingerprint density at radius 1 is 1.30 bits per heavy atom. The molecule has 1 unspecified atom stereocenters. The molecule has 0 bridgehead atoms. The third-order valence-electron chi connectivity index (χ3n) is 5.79. The van der Waals surface area contributed by atoms with Crippen LogP contribution < -0.4 is 15.5 Å². The number of hydrogen-bond acceptors (Lipinski definition) is 7. The predicted octanol–water partition coefficient (Wildman–Crippen LogP) is 3.01. The minimum absolute atomic E-state index is 0.0106. The lowest BCUT2D eigenvalue weighted by Gasteiger charge is -2.45. The molecule has 1 aliphatic heterocycles. The molecule has 0 saturated heterocycles. The van der Waals surface area contributed by atoms with Crippen LogP contribution in [0.1, 0.15) is 32.3 Å². The smallest absolute Gasteiger partial charge is 0.224 e. The van der Waals surface area contributed by atoms with Crippen molar-refractivity contribution in [1.82, 2.24) is 9.97 Å². The summed E-state index contributed by atoms with van der Waals surface area (Å²) in [5.41, 5.74) is 0.438. The quantitative estimate of drug-likeness (QED) is 0.638. The van der Waals surface area contributed by atoms with E-state index in [1.165, 1.54) is 0 Å². The third kappa shape index (κ3) is 3.89. The van der Waals surface area contributed by atoms with Crippen molar-refractivity contribution < 1.29 is 23.0 Å². The molecule has 0 radical (unpaired) electrons. The van der Waals surface area contributed by atoms with Gasteiger partial charge < -0.3 is 25.4 Å². The van der Waals surface area contributed by atoms with Crippen LogP contribution in [-0.4, -0.2) is 46.0 Å². The van der Waals surface area contributed by atoms with Gasteiger partial charge in [0.05, 0.1) is 30.1 Å². The average Bonchev–Trinajstić information content (AvgIpc) is 2.68. The largest absolute Gasteiger partial charge is 0.372 e. The fourth-order valence-electron chi connectivity index (χ4n) is 3.83. The second-order valence-electron chi connectivity index (χ2n) is 8.23. The Bertz CT molecular complexity index is 931. The summed E-state index contributed by atoms with van der Waals surface area (Å²) in [6.07, 6.45) is 2.24. The summed E-state index contributed by atoms with van der Waals surface area (Å²) in [6.45, 7) is 3.79. The Hall–Kier alpha value is -2.59. The number of aliphatic hydroxyl groups is 1. The van der Waals surface area contributed by atoms with Gasteiger partial charge in [-0.3, -0.25) is 0 Å². The zero-order chi connectivity index (χ0) is 21.6. The molecule has 4 rings (SSSR count). The lowest BCUT2D eigenvalue weighted by molar-refractivity contribution is -0.101. The fourth-order valence-corrected chi connectivity index (χ4v) is 3.83. The van der Waals surface area contributed by atoms with Gasteiger partial charge in [-0.25, -0.2) is 18.2 Å². The lowest BCUT2D eigenvalue weighted by Crippen LogP contribution is -2.50. The van der Waals surface area contributed by atoms with Gasteiger partial charge >= 0.3 is 0 Å². The lowest BCUT2D eigenvalue weighted by atomic mass is 9.77. The summed E-state index contributed by atoms with van der Waals surface area (Å²) in [4.78, 5) is 10.7. The highest BCUT2D eigenvalue weighted by Gasteiger charge is 2.42. The molecule has 2 aromatic rings. The number of likely N-dealkylation sites (N-methyl/N-ethyl adjacent to an activating group) is 1. The molecule has 2 aliphatic rings. The highest BCUT2D eigenvalue weighted by molar-refractivity contribution is 5.69. The Labute approximate surface area is 172 Å². The van der Waals surface area contributed by atoms with E-state index in [1.54, 1.807) is 6.20 Å². The summed E-state index contributed by atoms with van der Waals surface area (Å²) < 4.78 is 45.6. The predicted molar refractivity (Wildman–Crippen MR) is 106 cm³/mol. The first kappa shape index (κ1) is 20.7. The Morgan fingerprint density at radius 2 is 1.97 bits per heavy atom. The van der Waals surface area contributed by atoms with Crippen molar-refractivity contribution in [2.24, 2.45) is 0 Å². The maximum Gasteiger partial charge on any atom is 0.224 e. The summed E-state index contributed by atoms with van der Waals surface area (Å²) in [5, 5.41) is 16.2. The van der Waals surface area contributed by atoms with Gasteiger partial charge in [0, 0.05) is 13.1 Å². The first-order valence-electron chi connectivity index (χ1n) is 9.73. The van der Waals surface area contributed by atoms with Crippen LogP contribution in [0.4, 0.5) is 30.6 Å². The number of hydrogen-bond donors (Lipinski definition) is 3. The van der Waals surface area contributed by atoms with Crippen molar-refractivity contribution >= 4 is 17.5 Å². The highest BCUT2D eigenvalue weighted by Crippen LogP contribution is 2.38. The van der Waals surface area contributed by atoms with Crippen LogP contribution in [0.15, 0.2) is 18.3 Å². The van der Waals surface area contributed by atoms with Crippen molar-refractivity contribution in [3.8, 4) is 0 Å². The molecule has 1 aliphatic carbocycles. The van der Waals surface area contributed by atoms with Gasteiger partial charge in [0.25, 0.3) is 0 Å². The van der Waals surface area contributed by atoms with Crippen LogP contribution in [0.2, 0.25) is 0 Å². The van der Waals surface area contributed by atoms with Gasteiger partial charge in [-0.05, 0) is 44.4 Å². The fraction of sp³-hybridized carbons (Fsp3) is 0.500. The topological polar surface area (TPSA) is 82.5 Å². The number of anilines is 3. The normalized spacial score (nSPS) is 27.8. The zero-order valence-electron chi connectivity index (χ0n) is 16.9. The summed E-state index contributed by atoms with van der Waals surface area (Å²) in [5.74, 6) is -2.76. The minimum Gasteiger partial charge on any atom is -0.372 e. The first-order valence-corrected chi connectivity index (χ1v) is 9.73. The minimum atomic E-state index is -1.48. The molecule has 2 heterocycles. The maximum absolute atomic E-state index is 13.3. The van der Waals surface area contributed by atoms with E-state index in [0.717, 1.165) is 12.1 Å². The molecule has 162 valence electrons. The SMILES string of the molecule is C[C@H]1C(O)Nc2cnc(N[C@H]3C[C@@](C)(OCc4cc(F)c(F)c(F)c4)C3)nc2N1C. The number of fused-ring (bicyclic) bond motifs is 1. The maximum atomic E-state index is 13.3. The zero-order valence-corrected chi connectivity index (χ0v) is 16.9. The molecule has 1 fully saturated rings. The number of benzene rings is 1. The molecule has 1 aromatic carbocycles. The van der Waals surface area contributed by atoms with E-state index < -0.39 is 29.3 Å². The van der Waals surface area contributed by atoms with Crippen LogP contribution in [0.25, 0.3) is 0 Å². The van der Waals surface area contributed by atoms with Crippen molar-refractivity contribution in [3.63, 3.8) is 0 Å². The van der Waals surface area contributed by atoms with Crippen molar-refractivity contribution in [1.29, 1.82) is 0 Å². The number of aromatic nitrogens is 2. The number of aliphatic hydroxyl groups excluding tert-OH is 1. The van der Waals surface area contributed by atoms with E-state index in [1.807, 2.05) is 25.8 Å². The van der Waals surface area contributed by atoms with Gasteiger partial charge in [0.15, 0.2) is 23.3 Å². The van der Waals surface area contributed by atoms with E-state index in [0.29, 0.717) is 30.3 Å². The Morgan fingerprint density at radius 3 is 2.63 bits per heavy atom. The van der Waals surface area contributed by atoms with Crippen LogP contribution in [0, 0.1) is 17.5 Å². The van der Waals surface area contributed by atoms with E-state index in [-0.39, 0.29) is 24.3 Å². The number of nitrogens with zero attached hydrogens (tertiary/aromatic N) is 3. The number of ether oxygens (including phenoxy) is 1. The van der Waals surface area contributed by atoms with Crippen LogP contribution in [-0.2, 0) is 11.3 Å². The third-order valence-corrected chi connectivity index (χ3v) is 5.79. The number of rotatable bonds is 5. The van der Waals surface area contributed by atoms with Gasteiger partial charge in [-0.1, -0.05) is 0 Å². The molecule has 2 atom stereocenters. The number of halogens is 3. The standard InChI is InChI=1S/C20H24F3N5O2/c1-10-18(29)26-15-8-24-19(27-17(15)28(10)3)25-12-6-20(2,7-12)30-9-11-4-13(21)16(23)14(22)5-11/h4-5,8,10,12,18,26,29H,6-7,9H2,1-3H3,(H,24,25,27)/t10-,12-,18?,20+/m0/s1. The van der Waals surface area contributed by atoms with Crippen molar-refractivity contribution in [2.75, 3.05) is 22.6 Å². The van der Waals surface area contributed by atoms with E-state index in [9.17, 15) is 18.3 Å². The molecule has 3 N–H and O–H groups in total. The molecule has 1 saturated carbocycles. The Balaban J connectivity index is 1.34. The second kappa shape index (κ2) is 7.59. The number of nitrogens with one attached hydrogen (secondary N) is 2. The molecule has 0 spiro atoms. The van der Waals surface area contributed by atoms with E-state index >= 15 is 0 Å². The Kier molecular flexibility index (Phi) is 5.23. The van der Waals surface area contributed by atoms with Gasteiger partial charge in [0.2, 0.25) is 5.95 Å². The van der Waals surface area contributed by atoms with Crippen LogP contribution >= 0.6 is 0 Å². The molecule has 7 nitrogen and oxygen atoms in total. The van der Waals surface area contributed by atoms with Gasteiger partial charge in [0.1, 0.15) is 6.23 Å². The molecule has 1 aromatic heterocycles. The molecular weight excluding hydrogens is 399 g/mol. The summed E-state index contributed by atoms with van der Waals surface area (Å²) in [6, 6.07) is 1.83. The highest BCUT2D eigenvalue weighted by atomic mass is 19.2. The monoisotopic (exact) mass is 423 g/mol. The van der Waals surface area contributed by atoms with Crippen molar-refractivity contribution in [2.45, 2.75) is 57.2 Å². The van der Waals surface area contributed by atoms with Crippen molar-refractivity contribution in [3.05, 3.63) is 41.3 Å². The molecule has 30 heavy (non-hydrogen) atoms.